The standard InChI is InChI=1S/C11H21BN2O4/c1-11(17-8-9-18-11)4-7-13-5-3-6-14(10(13)15)12(2)16/h16H,3-9H2,1-2H3. The molecule has 0 aromatic carbocycles. The second-order valence-corrected chi connectivity index (χ2v) is 5.03. The number of carbonyl (C=O) groups excluding carboxylic acids is 1. The summed E-state index contributed by atoms with van der Waals surface area (Å²) in [6, 6.07) is -0.0992. The predicted molar refractivity (Wildman–Crippen MR) is 67.1 cm³/mol. The topological polar surface area (TPSA) is 62.2 Å². The van der Waals surface area contributed by atoms with Gasteiger partial charge >= 0.3 is 13.1 Å². The average molecular weight is 256 g/mol. The molecule has 2 heterocycles. The lowest BCUT2D eigenvalue weighted by Gasteiger charge is -2.37. The molecule has 0 aliphatic carbocycles. The van der Waals surface area contributed by atoms with Crippen LogP contribution < -0.4 is 0 Å². The molecule has 2 saturated heterocycles. The van der Waals surface area contributed by atoms with E-state index in [0.29, 0.717) is 32.7 Å². The number of rotatable bonds is 4. The third kappa shape index (κ3) is 2.96. The highest BCUT2D eigenvalue weighted by molar-refractivity contribution is 6.48. The van der Waals surface area contributed by atoms with Gasteiger partial charge in [0.15, 0.2) is 5.79 Å². The van der Waals surface area contributed by atoms with E-state index in [4.69, 9.17) is 9.47 Å². The van der Waals surface area contributed by atoms with Crippen LogP contribution in [0.5, 0.6) is 0 Å². The maximum atomic E-state index is 12.1. The number of amides is 2. The van der Waals surface area contributed by atoms with Crippen molar-refractivity contribution in [3.8, 4) is 0 Å². The summed E-state index contributed by atoms with van der Waals surface area (Å²) in [7, 11) is -0.727. The van der Waals surface area contributed by atoms with Gasteiger partial charge < -0.3 is 24.2 Å². The molecule has 1 N–H and O–H groups in total. The first kappa shape index (κ1) is 13.6. The van der Waals surface area contributed by atoms with Crippen molar-refractivity contribution in [2.75, 3.05) is 32.8 Å². The van der Waals surface area contributed by atoms with Crippen molar-refractivity contribution >= 4 is 13.1 Å². The molecule has 0 spiro atoms. The lowest BCUT2D eigenvalue weighted by Crippen LogP contribution is -2.55. The van der Waals surface area contributed by atoms with Crippen LogP contribution in [-0.4, -0.2) is 66.5 Å². The summed E-state index contributed by atoms with van der Waals surface area (Å²) in [6.45, 7) is 6.70. The Labute approximate surface area is 108 Å². The maximum Gasteiger partial charge on any atom is 0.413 e. The fourth-order valence-corrected chi connectivity index (χ4v) is 2.40. The molecule has 0 radical (unpaired) electrons. The SMILES string of the molecule is CB(O)N1CCCN(CCC2(C)OCCO2)C1=O. The van der Waals surface area contributed by atoms with Crippen LogP contribution in [0.15, 0.2) is 0 Å². The molecule has 0 unspecified atom stereocenters. The first-order chi connectivity index (χ1) is 8.52. The number of ether oxygens (including phenoxy) is 2. The predicted octanol–water partition coefficient (Wildman–Crippen LogP) is 0.378. The molecule has 2 rings (SSSR count). The van der Waals surface area contributed by atoms with Gasteiger partial charge in [-0.1, -0.05) is 0 Å². The van der Waals surface area contributed by atoms with E-state index in [0.717, 1.165) is 13.0 Å². The molecule has 2 amide bonds. The Morgan fingerprint density at radius 3 is 2.67 bits per heavy atom. The molecule has 2 fully saturated rings. The van der Waals surface area contributed by atoms with Crippen LogP contribution >= 0.6 is 0 Å². The molecule has 18 heavy (non-hydrogen) atoms. The molecule has 2 aliphatic rings. The average Bonchev–Trinajstić information content (AvgIpc) is 2.75. The Kier molecular flexibility index (Phi) is 4.14. The molecule has 0 atom stereocenters. The van der Waals surface area contributed by atoms with Crippen LogP contribution in [-0.2, 0) is 9.47 Å². The summed E-state index contributed by atoms with van der Waals surface area (Å²) in [6.07, 6.45) is 1.54. The molecule has 6 nitrogen and oxygen atoms in total. The minimum atomic E-state index is -0.727. The summed E-state index contributed by atoms with van der Waals surface area (Å²) < 4.78 is 11.0. The largest absolute Gasteiger partial charge is 0.432 e. The van der Waals surface area contributed by atoms with Gasteiger partial charge in [0.25, 0.3) is 0 Å². The van der Waals surface area contributed by atoms with Gasteiger partial charge in [-0.25, -0.2) is 4.79 Å². The molecule has 0 bridgehead atoms. The molecule has 102 valence electrons. The van der Waals surface area contributed by atoms with E-state index < -0.39 is 12.8 Å². The van der Waals surface area contributed by atoms with Crippen LogP contribution in [0.4, 0.5) is 4.79 Å². The number of hydrogen-bond acceptors (Lipinski definition) is 4. The monoisotopic (exact) mass is 256 g/mol. The minimum absolute atomic E-state index is 0.0992. The van der Waals surface area contributed by atoms with Crippen molar-refractivity contribution in [1.82, 2.24) is 9.71 Å². The van der Waals surface area contributed by atoms with E-state index in [2.05, 4.69) is 0 Å². The van der Waals surface area contributed by atoms with E-state index in [1.54, 1.807) is 11.7 Å². The summed E-state index contributed by atoms with van der Waals surface area (Å²) >= 11 is 0. The van der Waals surface area contributed by atoms with Gasteiger partial charge in [0.05, 0.1) is 13.2 Å². The number of nitrogens with zero attached hydrogens (tertiary/aromatic N) is 2. The second-order valence-electron chi connectivity index (χ2n) is 5.03. The zero-order valence-electron chi connectivity index (χ0n) is 11.1. The van der Waals surface area contributed by atoms with Gasteiger partial charge in [-0.15, -0.1) is 0 Å². The summed E-state index contributed by atoms with van der Waals surface area (Å²) in [5, 5.41) is 9.52. The fraction of sp³-hybridized carbons (Fsp3) is 0.909. The third-order valence-electron chi connectivity index (χ3n) is 3.53. The summed E-state index contributed by atoms with van der Waals surface area (Å²) in [5.41, 5.74) is 0. The number of urea groups is 1. The zero-order chi connectivity index (χ0) is 13.2. The Hall–Kier alpha value is -0.785. The zero-order valence-corrected chi connectivity index (χ0v) is 11.1. The summed E-state index contributed by atoms with van der Waals surface area (Å²) in [5.74, 6) is -0.562. The third-order valence-corrected chi connectivity index (χ3v) is 3.53. The van der Waals surface area contributed by atoms with Crippen LogP contribution in [0, 0.1) is 0 Å². The van der Waals surface area contributed by atoms with E-state index in [1.165, 1.54) is 4.81 Å². The van der Waals surface area contributed by atoms with Crippen molar-refractivity contribution in [3.63, 3.8) is 0 Å². The lowest BCUT2D eigenvalue weighted by atomic mass is 9.84. The van der Waals surface area contributed by atoms with E-state index in [9.17, 15) is 9.82 Å². The van der Waals surface area contributed by atoms with Crippen LogP contribution in [0.1, 0.15) is 19.8 Å². The van der Waals surface area contributed by atoms with Crippen molar-refractivity contribution in [1.29, 1.82) is 0 Å². The normalized spacial score (nSPS) is 23.6. The van der Waals surface area contributed by atoms with Crippen LogP contribution in [0.2, 0.25) is 6.82 Å². The highest BCUT2D eigenvalue weighted by Crippen LogP contribution is 2.23. The molecular formula is C11H21BN2O4. The van der Waals surface area contributed by atoms with E-state index >= 15 is 0 Å². The molecule has 0 aromatic rings. The maximum absolute atomic E-state index is 12.1. The van der Waals surface area contributed by atoms with Gasteiger partial charge in [-0.3, -0.25) is 0 Å². The van der Waals surface area contributed by atoms with Crippen LogP contribution in [0.3, 0.4) is 0 Å². The minimum Gasteiger partial charge on any atom is -0.432 e. The van der Waals surface area contributed by atoms with Crippen molar-refractivity contribution in [2.45, 2.75) is 32.4 Å². The fourth-order valence-electron chi connectivity index (χ4n) is 2.40. The second kappa shape index (κ2) is 5.46. The molecule has 0 saturated carbocycles. The quantitative estimate of drug-likeness (QED) is 0.738. The Morgan fingerprint density at radius 1 is 1.39 bits per heavy atom. The number of hydrogen-bond donors (Lipinski definition) is 1. The summed E-state index contributed by atoms with van der Waals surface area (Å²) in [4.78, 5) is 15.3. The van der Waals surface area contributed by atoms with Crippen molar-refractivity contribution < 1.29 is 19.3 Å². The van der Waals surface area contributed by atoms with E-state index in [1.807, 2.05) is 6.92 Å². The Balaban J connectivity index is 1.86. The van der Waals surface area contributed by atoms with Crippen LogP contribution in [0.25, 0.3) is 0 Å². The highest BCUT2D eigenvalue weighted by Gasteiger charge is 2.34. The Bertz CT molecular complexity index is 307. The van der Waals surface area contributed by atoms with Crippen molar-refractivity contribution in [3.05, 3.63) is 0 Å². The molecule has 7 heteroatoms. The van der Waals surface area contributed by atoms with Gasteiger partial charge in [-0.05, 0) is 20.2 Å². The van der Waals surface area contributed by atoms with Gasteiger partial charge in [0, 0.05) is 26.1 Å². The molecular weight excluding hydrogens is 235 g/mol. The highest BCUT2D eigenvalue weighted by atomic mass is 16.7. The van der Waals surface area contributed by atoms with E-state index in [-0.39, 0.29) is 6.03 Å². The molecule has 2 aliphatic heterocycles. The van der Waals surface area contributed by atoms with Gasteiger partial charge in [0.2, 0.25) is 0 Å². The van der Waals surface area contributed by atoms with Gasteiger partial charge in [-0.2, -0.15) is 0 Å². The smallest absolute Gasteiger partial charge is 0.413 e. The van der Waals surface area contributed by atoms with Crippen molar-refractivity contribution in [2.24, 2.45) is 0 Å². The first-order valence-corrected chi connectivity index (χ1v) is 6.53. The number of carbonyl (C=O) groups is 1. The lowest BCUT2D eigenvalue weighted by molar-refractivity contribution is -0.148. The van der Waals surface area contributed by atoms with Gasteiger partial charge in [0.1, 0.15) is 0 Å². The molecule has 0 aromatic heterocycles. The first-order valence-electron chi connectivity index (χ1n) is 6.53. The Morgan fingerprint density at radius 2 is 2.06 bits per heavy atom.